The van der Waals surface area contributed by atoms with Gasteiger partial charge in [-0.25, -0.2) is 4.90 Å². The number of alkyl halides is 2. The second-order valence-electron chi connectivity index (χ2n) is 10.6. The quantitative estimate of drug-likeness (QED) is 0.147. The van der Waals surface area contributed by atoms with Crippen molar-refractivity contribution in [2.24, 2.45) is 11.8 Å². The molecule has 3 aliphatic carbocycles. The van der Waals surface area contributed by atoms with Gasteiger partial charge in [0, 0.05) is 0 Å². The number of ether oxygens (including phenoxy) is 1. The van der Waals surface area contributed by atoms with E-state index in [2.05, 4.69) is 62.2 Å². The summed E-state index contributed by atoms with van der Waals surface area (Å²) in [6.07, 6.45) is 0. The highest BCUT2D eigenvalue weighted by Gasteiger charge is 2.72. The summed E-state index contributed by atoms with van der Waals surface area (Å²) in [6, 6.07) is 37.5. The summed E-state index contributed by atoms with van der Waals surface area (Å²) in [7, 11) is 0. The molecule has 40 heavy (non-hydrogen) atoms. The second-order valence-corrected chi connectivity index (χ2v) is 13.1. The average Bonchev–Trinajstić information content (AvgIpc) is 3.27. The fourth-order valence-electron chi connectivity index (χ4n) is 6.95. The first-order valence-corrected chi connectivity index (χ1v) is 14.7. The molecular formula is C34H21Br2NO3. The van der Waals surface area contributed by atoms with Crippen LogP contribution in [0.1, 0.15) is 22.3 Å². The molecule has 0 spiro atoms. The molecule has 1 fully saturated rings. The molecule has 0 radical (unpaired) electrons. The van der Waals surface area contributed by atoms with Gasteiger partial charge in [-0.2, -0.15) is 0 Å². The molecule has 0 aromatic heterocycles. The maximum atomic E-state index is 14.2. The number of anilines is 1. The van der Waals surface area contributed by atoms with Crippen LogP contribution in [0.3, 0.4) is 0 Å². The molecule has 1 saturated heterocycles. The van der Waals surface area contributed by atoms with E-state index in [-0.39, 0.29) is 11.8 Å². The summed E-state index contributed by atoms with van der Waals surface area (Å²) < 4.78 is 4.50. The number of carbonyl (C=O) groups excluding carboxylic acids is 2. The number of hydrogen-bond acceptors (Lipinski definition) is 3. The van der Waals surface area contributed by atoms with Gasteiger partial charge in [-0.3, -0.25) is 9.59 Å². The van der Waals surface area contributed by atoms with E-state index in [9.17, 15) is 9.59 Å². The van der Waals surface area contributed by atoms with Gasteiger partial charge < -0.3 is 4.74 Å². The first kappa shape index (κ1) is 24.1. The minimum absolute atomic E-state index is 0.206. The number of benzene rings is 5. The Morgan fingerprint density at radius 2 is 1.00 bits per heavy atom. The van der Waals surface area contributed by atoms with Crippen LogP contribution in [0.4, 0.5) is 5.69 Å². The monoisotopic (exact) mass is 649 g/mol. The van der Waals surface area contributed by atoms with Crippen molar-refractivity contribution >= 4 is 60.1 Å². The zero-order chi connectivity index (χ0) is 27.2. The highest BCUT2D eigenvalue weighted by atomic mass is 79.9. The number of halogens is 2. The van der Waals surface area contributed by atoms with Gasteiger partial charge in [-0.05, 0) is 69.4 Å². The van der Waals surface area contributed by atoms with Crippen LogP contribution in [0.25, 0.3) is 10.8 Å². The molecule has 194 valence electrons. The van der Waals surface area contributed by atoms with Crippen LogP contribution >= 0.6 is 31.9 Å². The van der Waals surface area contributed by atoms with Crippen LogP contribution in [0, 0.1) is 11.8 Å². The highest BCUT2D eigenvalue weighted by molar-refractivity contribution is 9.10. The first-order valence-electron chi connectivity index (χ1n) is 13.1. The minimum Gasteiger partial charge on any atom is -0.457 e. The topological polar surface area (TPSA) is 46.6 Å². The number of rotatable bonds is 3. The Morgan fingerprint density at radius 3 is 1.52 bits per heavy atom. The van der Waals surface area contributed by atoms with Crippen LogP contribution < -0.4 is 9.64 Å². The maximum Gasteiger partial charge on any atom is 0.239 e. The highest BCUT2D eigenvalue weighted by Crippen LogP contribution is 2.70. The van der Waals surface area contributed by atoms with E-state index in [1.807, 2.05) is 60.7 Å². The Labute approximate surface area is 247 Å². The smallest absolute Gasteiger partial charge is 0.239 e. The van der Waals surface area contributed by atoms with Crippen molar-refractivity contribution in [3.63, 3.8) is 0 Å². The van der Waals surface area contributed by atoms with E-state index in [1.165, 1.54) is 4.90 Å². The third kappa shape index (κ3) is 3.01. The normalized spacial score (nSPS) is 26.0. The summed E-state index contributed by atoms with van der Waals surface area (Å²) in [5, 5.41) is 2.24. The minimum atomic E-state index is -0.805. The van der Waals surface area contributed by atoms with Crippen molar-refractivity contribution in [1.29, 1.82) is 0 Å². The molecule has 0 N–H and O–H groups in total. The van der Waals surface area contributed by atoms with Crippen molar-refractivity contribution in [2.75, 3.05) is 4.90 Å². The van der Waals surface area contributed by atoms with E-state index in [4.69, 9.17) is 4.74 Å². The van der Waals surface area contributed by atoms with Crippen LogP contribution in [-0.2, 0) is 18.2 Å². The van der Waals surface area contributed by atoms with E-state index in [0.717, 1.165) is 38.8 Å². The Kier molecular flexibility index (Phi) is 5.05. The first-order chi connectivity index (χ1) is 19.4. The van der Waals surface area contributed by atoms with Gasteiger partial charge in [0.15, 0.2) is 0 Å². The third-order valence-electron chi connectivity index (χ3n) is 8.64. The van der Waals surface area contributed by atoms with Crippen LogP contribution in [0.2, 0.25) is 0 Å². The molecule has 5 aromatic carbocycles. The zero-order valence-corrected chi connectivity index (χ0v) is 24.2. The standard InChI is InChI=1S/C34H21Br2NO3/c35-33-25-9-3-4-10-26(25)34(36,28-12-6-5-11-27(28)33)30-29(33)31(38)37(32(30)39)22-14-17-23(18-15-22)40-24-16-13-20-7-1-2-8-21(20)19-24/h1-19,29-30H/t29-,30-,33?,34?/m0/s1. The number of fused-ring (bicyclic) bond motifs is 1. The predicted octanol–water partition coefficient (Wildman–Crippen LogP) is 8.04. The molecule has 2 bridgehead atoms. The van der Waals surface area contributed by atoms with Gasteiger partial charge in [-0.15, -0.1) is 0 Å². The van der Waals surface area contributed by atoms with Crippen molar-refractivity contribution in [1.82, 2.24) is 0 Å². The van der Waals surface area contributed by atoms with E-state index >= 15 is 0 Å². The van der Waals surface area contributed by atoms with Gasteiger partial charge in [0.25, 0.3) is 0 Å². The fraction of sp³-hybridized carbons (Fsp3) is 0.118. The Morgan fingerprint density at radius 1 is 0.550 bits per heavy atom. The number of amides is 2. The Hall–Kier alpha value is -3.74. The molecule has 0 unspecified atom stereocenters. The molecule has 6 heteroatoms. The van der Waals surface area contributed by atoms with Gasteiger partial charge in [-0.1, -0.05) is 111 Å². The molecule has 4 aliphatic rings. The van der Waals surface area contributed by atoms with E-state index < -0.39 is 20.5 Å². The molecule has 0 saturated carbocycles. The van der Waals surface area contributed by atoms with Crippen molar-refractivity contribution < 1.29 is 14.3 Å². The number of nitrogens with zero attached hydrogens (tertiary/aromatic N) is 1. The van der Waals surface area contributed by atoms with Gasteiger partial charge >= 0.3 is 0 Å². The molecule has 2 amide bonds. The average molecular weight is 651 g/mol. The molecule has 1 aliphatic heterocycles. The SMILES string of the molecule is O=C1[C@@H]2[C@@H](C(=O)N1c1ccc(Oc3ccc4ccccc4c3)cc1)C1(Br)c3ccccc3C2(Br)c2ccccc21. The van der Waals surface area contributed by atoms with Crippen molar-refractivity contribution in [3.05, 3.63) is 138 Å². The third-order valence-corrected chi connectivity index (χ3v) is 11.3. The zero-order valence-electron chi connectivity index (χ0n) is 21.1. The lowest BCUT2D eigenvalue weighted by Gasteiger charge is -2.55. The summed E-state index contributed by atoms with van der Waals surface area (Å²) in [5.74, 6) is -0.258. The Bertz CT molecular complexity index is 1760. The fourth-order valence-corrected chi connectivity index (χ4v) is 9.26. The summed E-state index contributed by atoms with van der Waals surface area (Å²) in [5.41, 5.74) is 4.63. The molecule has 9 rings (SSSR count). The number of imide groups is 1. The van der Waals surface area contributed by atoms with Gasteiger partial charge in [0.05, 0.1) is 26.2 Å². The van der Waals surface area contributed by atoms with Crippen LogP contribution in [0.5, 0.6) is 11.5 Å². The Balaban J connectivity index is 1.18. The predicted molar refractivity (Wildman–Crippen MR) is 162 cm³/mol. The lowest BCUT2D eigenvalue weighted by atomic mass is 9.54. The molecular weight excluding hydrogens is 630 g/mol. The lowest BCUT2D eigenvalue weighted by Crippen LogP contribution is -2.56. The van der Waals surface area contributed by atoms with Crippen molar-refractivity contribution in [2.45, 2.75) is 8.65 Å². The number of carbonyl (C=O) groups is 2. The molecule has 5 aromatic rings. The lowest BCUT2D eigenvalue weighted by molar-refractivity contribution is -0.122. The largest absolute Gasteiger partial charge is 0.457 e. The second kappa shape index (κ2) is 8.38. The molecule has 4 nitrogen and oxygen atoms in total. The van der Waals surface area contributed by atoms with E-state index in [0.29, 0.717) is 11.4 Å². The van der Waals surface area contributed by atoms with Gasteiger partial charge in [0.2, 0.25) is 11.8 Å². The molecule has 1 heterocycles. The van der Waals surface area contributed by atoms with Gasteiger partial charge in [0.1, 0.15) is 11.5 Å². The maximum absolute atomic E-state index is 14.2. The van der Waals surface area contributed by atoms with Crippen molar-refractivity contribution in [3.8, 4) is 11.5 Å². The summed E-state index contributed by atoms with van der Waals surface area (Å²) in [6.45, 7) is 0. The van der Waals surface area contributed by atoms with Crippen LogP contribution in [-0.4, -0.2) is 11.8 Å². The summed E-state index contributed by atoms with van der Waals surface area (Å²) in [4.78, 5) is 29.8. The number of hydrogen-bond donors (Lipinski definition) is 0. The van der Waals surface area contributed by atoms with Crippen LogP contribution in [0.15, 0.2) is 115 Å². The molecule has 2 atom stereocenters. The summed E-state index contributed by atoms with van der Waals surface area (Å²) >= 11 is 8.11. The van der Waals surface area contributed by atoms with E-state index in [1.54, 1.807) is 24.3 Å².